The smallest absolute Gasteiger partial charge is 0.150 e. The lowest BCUT2D eigenvalue weighted by molar-refractivity contribution is 0.518. The topological polar surface area (TPSA) is 41.1 Å². The van der Waals surface area contributed by atoms with Gasteiger partial charge in [0, 0.05) is 19.1 Å². The van der Waals surface area contributed by atoms with Gasteiger partial charge < -0.3 is 10.2 Å². The Bertz CT molecular complexity index is 888. The van der Waals surface area contributed by atoms with Crippen LogP contribution in [0.4, 0.5) is 15.9 Å². The summed E-state index contributed by atoms with van der Waals surface area (Å²) in [7, 11) is 0. The third-order valence-electron chi connectivity index (χ3n) is 4.75. The number of nitrogens with one attached hydrogen (secondary N) is 1. The molecular formula is C20H21FN4. The van der Waals surface area contributed by atoms with Crippen molar-refractivity contribution in [1.29, 1.82) is 0 Å². The van der Waals surface area contributed by atoms with Crippen LogP contribution in [0.1, 0.15) is 18.5 Å². The number of hydrogen-bond donors (Lipinski definition) is 1. The molecule has 1 fully saturated rings. The summed E-state index contributed by atoms with van der Waals surface area (Å²) in [6.07, 6.45) is 1.89. The molecule has 128 valence electrons. The summed E-state index contributed by atoms with van der Waals surface area (Å²) in [4.78, 5) is 11.8. The van der Waals surface area contributed by atoms with Crippen LogP contribution in [0.3, 0.4) is 0 Å². The van der Waals surface area contributed by atoms with Crippen LogP contribution in [0.25, 0.3) is 11.0 Å². The van der Waals surface area contributed by atoms with E-state index in [1.165, 1.54) is 6.07 Å². The predicted molar refractivity (Wildman–Crippen MR) is 99.5 cm³/mol. The van der Waals surface area contributed by atoms with Crippen LogP contribution in [0.15, 0.2) is 48.5 Å². The van der Waals surface area contributed by atoms with Gasteiger partial charge in [0.05, 0.1) is 22.4 Å². The number of fused-ring (bicyclic) bond motifs is 1. The zero-order valence-corrected chi connectivity index (χ0v) is 14.2. The maximum atomic E-state index is 13.8. The number of benzene rings is 2. The van der Waals surface area contributed by atoms with Crippen LogP contribution < -0.4 is 10.2 Å². The van der Waals surface area contributed by atoms with E-state index < -0.39 is 0 Å². The Morgan fingerprint density at radius 3 is 2.32 bits per heavy atom. The Labute approximate surface area is 146 Å². The van der Waals surface area contributed by atoms with E-state index in [0.717, 1.165) is 48.5 Å². The van der Waals surface area contributed by atoms with Gasteiger partial charge in [0.2, 0.25) is 0 Å². The summed E-state index contributed by atoms with van der Waals surface area (Å²) < 4.78 is 13.8. The number of anilines is 2. The molecule has 0 saturated carbocycles. The minimum atomic E-state index is -0.193. The zero-order chi connectivity index (χ0) is 17.2. The fourth-order valence-electron chi connectivity index (χ4n) is 3.41. The van der Waals surface area contributed by atoms with E-state index in [1.54, 1.807) is 12.1 Å². The van der Waals surface area contributed by atoms with Crippen molar-refractivity contribution in [2.75, 3.05) is 23.3 Å². The summed E-state index contributed by atoms with van der Waals surface area (Å²) in [5, 5.41) is 3.33. The van der Waals surface area contributed by atoms with E-state index in [0.29, 0.717) is 5.69 Å². The van der Waals surface area contributed by atoms with Gasteiger partial charge >= 0.3 is 0 Å². The van der Waals surface area contributed by atoms with Crippen molar-refractivity contribution in [3.63, 3.8) is 0 Å². The number of piperidine rings is 1. The molecule has 1 N–H and O–H groups in total. The maximum Gasteiger partial charge on any atom is 0.150 e. The lowest BCUT2D eigenvalue weighted by Crippen LogP contribution is -2.40. The highest BCUT2D eigenvalue weighted by Gasteiger charge is 2.22. The normalized spacial score (nSPS) is 15.5. The molecule has 1 aliphatic heterocycles. The number of aryl methyl sites for hydroxylation is 1. The molecule has 1 aliphatic rings. The highest BCUT2D eigenvalue weighted by atomic mass is 19.1. The second-order valence-electron chi connectivity index (χ2n) is 6.51. The Balaban J connectivity index is 1.47. The first-order valence-electron chi connectivity index (χ1n) is 8.70. The summed E-state index contributed by atoms with van der Waals surface area (Å²) in [6, 6.07) is 15.1. The first kappa shape index (κ1) is 15.8. The van der Waals surface area contributed by atoms with Crippen molar-refractivity contribution in [2.24, 2.45) is 0 Å². The Hall–Kier alpha value is -2.69. The van der Waals surface area contributed by atoms with Crippen LogP contribution >= 0.6 is 0 Å². The molecule has 25 heavy (non-hydrogen) atoms. The molecule has 0 unspecified atom stereocenters. The number of hydrogen-bond acceptors (Lipinski definition) is 4. The van der Waals surface area contributed by atoms with Crippen molar-refractivity contribution in [1.82, 2.24) is 9.97 Å². The Kier molecular flexibility index (Phi) is 4.22. The second-order valence-corrected chi connectivity index (χ2v) is 6.51. The van der Waals surface area contributed by atoms with Crippen molar-refractivity contribution >= 4 is 22.5 Å². The van der Waals surface area contributed by atoms with E-state index in [1.807, 2.05) is 37.3 Å². The van der Waals surface area contributed by atoms with E-state index in [-0.39, 0.29) is 11.9 Å². The molecule has 0 amide bonds. The zero-order valence-electron chi connectivity index (χ0n) is 14.2. The SMILES string of the molecule is Cc1nc2ccccc2nc1N1CCC(Nc2ccccc2F)CC1. The van der Waals surface area contributed by atoms with Crippen LogP contribution in [-0.4, -0.2) is 29.1 Å². The van der Waals surface area contributed by atoms with Gasteiger partial charge in [-0.05, 0) is 44.0 Å². The molecule has 5 heteroatoms. The first-order valence-corrected chi connectivity index (χ1v) is 8.70. The van der Waals surface area contributed by atoms with Crippen molar-refractivity contribution in [3.8, 4) is 0 Å². The van der Waals surface area contributed by atoms with E-state index in [4.69, 9.17) is 4.98 Å². The fraction of sp³-hybridized carbons (Fsp3) is 0.300. The molecule has 1 aromatic heterocycles. The van der Waals surface area contributed by atoms with E-state index >= 15 is 0 Å². The largest absolute Gasteiger partial charge is 0.380 e. The predicted octanol–water partition coefficient (Wildman–Crippen LogP) is 4.16. The average molecular weight is 336 g/mol. The van der Waals surface area contributed by atoms with Crippen LogP contribution in [0, 0.1) is 12.7 Å². The van der Waals surface area contributed by atoms with Gasteiger partial charge in [-0.25, -0.2) is 14.4 Å². The molecule has 0 radical (unpaired) electrons. The summed E-state index contributed by atoms with van der Waals surface area (Å²) in [5.41, 5.74) is 3.40. The molecule has 0 bridgehead atoms. The number of aromatic nitrogens is 2. The van der Waals surface area contributed by atoms with Gasteiger partial charge in [0.25, 0.3) is 0 Å². The monoisotopic (exact) mass is 336 g/mol. The summed E-state index contributed by atoms with van der Waals surface area (Å²) in [6.45, 7) is 3.79. The Morgan fingerprint density at radius 2 is 1.60 bits per heavy atom. The van der Waals surface area contributed by atoms with Gasteiger partial charge in [-0.1, -0.05) is 24.3 Å². The standard InChI is InChI=1S/C20H21FN4/c1-14-20(24-19-9-5-4-8-18(19)22-14)25-12-10-15(11-13-25)23-17-7-3-2-6-16(17)21/h2-9,15,23H,10-13H2,1H3. The van der Waals surface area contributed by atoms with Crippen molar-refractivity contribution in [3.05, 3.63) is 60.0 Å². The van der Waals surface area contributed by atoms with Gasteiger partial charge in [-0.3, -0.25) is 0 Å². The molecule has 2 heterocycles. The molecule has 3 aromatic rings. The molecule has 1 saturated heterocycles. The van der Waals surface area contributed by atoms with Gasteiger partial charge in [0.15, 0.2) is 5.82 Å². The van der Waals surface area contributed by atoms with E-state index in [9.17, 15) is 4.39 Å². The summed E-state index contributed by atoms with van der Waals surface area (Å²) >= 11 is 0. The minimum absolute atomic E-state index is 0.193. The highest BCUT2D eigenvalue weighted by Crippen LogP contribution is 2.25. The lowest BCUT2D eigenvalue weighted by Gasteiger charge is -2.34. The lowest BCUT2D eigenvalue weighted by atomic mass is 10.0. The number of para-hydroxylation sites is 3. The molecule has 2 aromatic carbocycles. The molecule has 0 aliphatic carbocycles. The quantitative estimate of drug-likeness (QED) is 0.780. The Morgan fingerprint density at radius 1 is 0.960 bits per heavy atom. The van der Waals surface area contributed by atoms with Crippen LogP contribution in [0.2, 0.25) is 0 Å². The fourth-order valence-corrected chi connectivity index (χ4v) is 3.41. The third-order valence-corrected chi connectivity index (χ3v) is 4.75. The van der Waals surface area contributed by atoms with E-state index in [2.05, 4.69) is 15.2 Å². The van der Waals surface area contributed by atoms with Gasteiger partial charge in [-0.15, -0.1) is 0 Å². The van der Waals surface area contributed by atoms with Crippen LogP contribution in [0.5, 0.6) is 0 Å². The second kappa shape index (κ2) is 6.67. The van der Waals surface area contributed by atoms with Crippen LogP contribution in [-0.2, 0) is 0 Å². The molecule has 4 rings (SSSR count). The first-order chi connectivity index (χ1) is 12.2. The molecular weight excluding hydrogens is 315 g/mol. The number of halogens is 1. The van der Waals surface area contributed by atoms with Gasteiger partial charge in [-0.2, -0.15) is 0 Å². The molecule has 0 atom stereocenters. The minimum Gasteiger partial charge on any atom is -0.380 e. The number of rotatable bonds is 3. The third kappa shape index (κ3) is 3.27. The molecule has 0 spiro atoms. The molecule has 4 nitrogen and oxygen atoms in total. The highest BCUT2D eigenvalue weighted by molar-refractivity contribution is 5.76. The number of nitrogens with zero attached hydrogens (tertiary/aromatic N) is 3. The average Bonchev–Trinajstić information content (AvgIpc) is 2.64. The maximum absolute atomic E-state index is 13.8. The van der Waals surface area contributed by atoms with Crippen molar-refractivity contribution < 1.29 is 4.39 Å². The van der Waals surface area contributed by atoms with Crippen molar-refractivity contribution in [2.45, 2.75) is 25.8 Å². The summed E-state index contributed by atoms with van der Waals surface area (Å²) in [5.74, 6) is 0.768. The van der Waals surface area contributed by atoms with Gasteiger partial charge in [0.1, 0.15) is 5.82 Å².